The molecule has 18 heavy (non-hydrogen) atoms. The maximum atomic E-state index is 13.3. The van der Waals surface area contributed by atoms with Gasteiger partial charge in [0.05, 0.1) is 15.0 Å². The molecule has 0 atom stereocenters. The lowest BCUT2D eigenvalue weighted by atomic mass is 10.2. The molecule has 0 aliphatic rings. The Labute approximate surface area is 116 Å². The summed E-state index contributed by atoms with van der Waals surface area (Å²) in [6, 6.07) is 2.13. The number of hydrogen-bond acceptors (Lipinski definition) is 4. The van der Waals surface area contributed by atoms with Gasteiger partial charge in [0.25, 0.3) is 5.69 Å². The lowest BCUT2D eigenvalue weighted by Gasteiger charge is -2.08. The lowest BCUT2D eigenvalue weighted by Crippen LogP contribution is -2.29. The zero-order valence-electron chi connectivity index (χ0n) is 9.50. The van der Waals surface area contributed by atoms with Crippen LogP contribution < -0.4 is 10.6 Å². The SMILES string of the molecule is CCNC(=O)CNc1cc(F)c(I)cc1[N+](=O)[O-]. The Morgan fingerprint density at radius 2 is 2.22 bits per heavy atom. The molecule has 0 radical (unpaired) electrons. The predicted molar refractivity (Wildman–Crippen MR) is 72.9 cm³/mol. The summed E-state index contributed by atoms with van der Waals surface area (Å²) in [6.45, 7) is 2.07. The van der Waals surface area contributed by atoms with E-state index >= 15 is 0 Å². The minimum Gasteiger partial charge on any atom is -0.370 e. The van der Waals surface area contributed by atoms with Crippen molar-refractivity contribution in [2.45, 2.75) is 6.92 Å². The average molecular weight is 367 g/mol. The molecule has 0 aliphatic carbocycles. The van der Waals surface area contributed by atoms with Crippen LogP contribution in [0, 0.1) is 19.5 Å². The smallest absolute Gasteiger partial charge is 0.293 e. The van der Waals surface area contributed by atoms with Crippen LogP contribution in [-0.4, -0.2) is 23.9 Å². The number of benzene rings is 1. The van der Waals surface area contributed by atoms with Crippen LogP contribution in [0.2, 0.25) is 0 Å². The first-order valence-electron chi connectivity index (χ1n) is 5.09. The number of carbonyl (C=O) groups excluding carboxylic acids is 1. The molecule has 0 fully saturated rings. The Balaban J connectivity index is 2.90. The molecule has 2 N–H and O–H groups in total. The van der Waals surface area contributed by atoms with Crippen LogP contribution >= 0.6 is 22.6 Å². The molecule has 6 nitrogen and oxygen atoms in total. The van der Waals surface area contributed by atoms with Crippen molar-refractivity contribution in [3.63, 3.8) is 0 Å². The molecule has 1 aromatic rings. The second kappa shape index (κ2) is 6.47. The van der Waals surface area contributed by atoms with Crippen LogP contribution in [0.5, 0.6) is 0 Å². The van der Waals surface area contributed by atoms with Crippen LogP contribution in [0.3, 0.4) is 0 Å². The van der Waals surface area contributed by atoms with E-state index in [9.17, 15) is 19.3 Å². The monoisotopic (exact) mass is 367 g/mol. The van der Waals surface area contributed by atoms with Crippen molar-refractivity contribution >= 4 is 39.9 Å². The van der Waals surface area contributed by atoms with Crippen molar-refractivity contribution in [3.8, 4) is 0 Å². The lowest BCUT2D eigenvalue weighted by molar-refractivity contribution is -0.384. The molecule has 0 unspecified atom stereocenters. The minimum atomic E-state index is -0.623. The van der Waals surface area contributed by atoms with E-state index in [2.05, 4.69) is 10.6 Å². The first-order chi connectivity index (χ1) is 8.45. The van der Waals surface area contributed by atoms with Gasteiger partial charge in [0.15, 0.2) is 0 Å². The molecule has 0 spiro atoms. The molecule has 8 heteroatoms. The summed E-state index contributed by atoms with van der Waals surface area (Å²) in [5, 5.41) is 15.9. The summed E-state index contributed by atoms with van der Waals surface area (Å²) in [5.41, 5.74) is -0.269. The largest absolute Gasteiger partial charge is 0.370 e. The minimum absolute atomic E-state index is 0.0100. The molecule has 0 bridgehead atoms. The number of nitro benzene ring substituents is 1. The predicted octanol–water partition coefficient (Wildman–Crippen LogP) is 1.89. The van der Waals surface area contributed by atoms with Gasteiger partial charge in [0.2, 0.25) is 5.91 Å². The fourth-order valence-corrected chi connectivity index (χ4v) is 1.71. The number of likely N-dealkylation sites (N-methyl/N-ethyl adjacent to an activating group) is 1. The van der Waals surface area contributed by atoms with Crippen LogP contribution in [-0.2, 0) is 4.79 Å². The number of carbonyl (C=O) groups is 1. The molecule has 0 aromatic heterocycles. The fraction of sp³-hybridized carbons (Fsp3) is 0.300. The average Bonchev–Trinajstić information content (AvgIpc) is 2.30. The molecule has 1 aromatic carbocycles. The molecule has 1 rings (SSSR count). The van der Waals surface area contributed by atoms with E-state index < -0.39 is 10.7 Å². The van der Waals surface area contributed by atoms with Crippen LogP contribution in [0.1, 0.15) is 6.92 Å². The summed E-state index contributed by atoms with van der Waals surface area (Å²) in [6.07, 6.45) is 0. The van der Waals surface area contributed by atoms with Gasteiger partial charge in [-0.2, -0.15) is 0 Å². The van der Waals surface area contributed by atoms with Crippen LogP contribution in [0.25, 0.3) is 0 Å². The van der Waals surface area contributed by atoms with Gasteiger partial charge in [0, 0.05) is 18.7 Å². The third-order valence-corrected chi connectivity index (χ3v) is 2.88. The van der Waals surface area contributed by atoms with Crippen molar-refractivity contribution in [2.75, 3.05) is 18.4 Å². The Kier molecular flexibility index (Phi) is 5.25. The van der Waals surface area contributed by atoms with Crippen molar-refractivity contribution in [1.82, 2.24) is 5.32 Å². The second-order valence-electron chi connectivity index (χ2n) is 3.35. The van der Waals surface area contributed by atoms with Gasteiger partial charge in [-0.3, -0.25) is 14.9 Å². The van der Waals surface area contributed by atoms with Crippen molar-refractivity contribution in [1.29, 1.82) is 0 Å². The number of rotatable bonds is 5. The van der Waals surface area contributed by atoms with Crippen molar-refractivity contribution < 1.29 is 14.1 Å². The Hall–Kier alpha value is -1.45. The highest BCUT2D eigenvalue weighted by Crippen LogP contribution is 2.28. The standard InChI is InChI=1S/C10H11FIN3O3/c1-2-13-10(16)5-14-8-3-6(11)7(12)4-9(8)15(17)18/h3-4,14H,2,5H2,1H3,(H,13,16). The van der Waals surface area contributed by atoms with E-state index in [1.165, 1.54) is 0 Å². The summed E-state index contributed by atoms with van der Waals surface area (Å²) in [4.78, 5) is 21.4. The number of anilines is 1. The zero-order chi connectivity index (χ0) is 13.7. The molecule has 0 aliphatic heterocycles. The maximum absolute atomic E-state index is 13.3. The van der Waals surface area contributed by atoms with Gasteiger partial charge < -0.3 is 10.6 Å². The van der Waals surface area contributed by atoms with Gasteiger partial charge >= 0.3 is 0 Å². The van der Waals surface area contributed by atoms with Gasteiger partial charge in [-0.15, -0.1) is 0 Å². The number of halogens is 2. The third kappa shape index (κ3) is 3.79. The van der Waals surface area contributed by atoms with Crippen molar-refractivity contribution in [2.24, 2.45) is 0 Å². The van der Waals surface area contributed by atoms with Crippen molar-refractivity contribution in [3.05, 3.63) is 31.6 Å². The summed E-state index contributed by atoms with van der Waals surface area (Å²) in [7, 11) is 0. The van der Waals surface area contributed by atoms with E-state index in [0.29, 0.717) is 6.54 Å². The van der Waals surface area contributed by atoms with Gasteiger partial charge in [0.1, 0.15) is 11.5 Å². The Morgan fingerprint density at radius 3 is 2.78 bits per heavy atom. The van der Waals surface area contributed by atoms with Gasteiger partial charge in [-0.05, 0) is 29.5 Å². The van der Waals surface area contributed by atoms with E-state index in [4.69, 9.17) is 0 Å². The Bertz CT molecular complexity index is 482. The number of nitrogens with zero attached hydrogens (tertiary/aromatic N) is 1. The molecular formula is C10H11FIN3O3. The molecule has 0 heterocycles. The fourth-order valence-electron chi connectivity index (χ4n) is 1.26. The van der Waals surface area contributed by atoms with Gasteiger partial charge in [-0.1, -0.05) is 0 Å². The van der Waals surface area contributed by atoms with E-state index in [1.807, 2.05) is 0 Å². The molecule has 1 amide bonds. The molecule has 98 valence electrons. The first-order valence-corrected chi connectivity index (χ1v) is 6.17. The summed E-state index contributed by atoms with van der Waals surface area (Å²) in [5.74, 6) is -0.884. The molecule has 0 saturated carbocycles. The summed E-state index contributed by atoms with van der Waals surface area (Å²) >= 11 is 1.67. The highest BCUT2D eigenvalue weighted by molar-refractivity contribution is 14.1. The van der Waals surface area contributed by atoms with E-state index in [-0.39, 0.29) is 27.4 Å². The van der Waals surface area contributed by atoms with Crippen LogP contribution in [0.15, 0.2) is 12.1 Å². The third-order valence-electron chi connectivity index (χ3n) is 2.05. The van der Waals surface area contributed by atoms with E-state index in [0.717, 1.165) is 12.1 Å². The number of amides is 1. The molecular weight excluding hydrogens is 356 g/mol. The Morgan fingerprint density at radius 1 is 1.56 bits per heavy atom. The zero-order valence-corrected chi connectivity index (χ0v) is 11.7. The molecule has 0 saturated heterocycles. The van der Waals surface area contributed by atoms with Gasteiger partial charge in [-0.25, -0.2) is 4.39 Å². The quantitative estimate of drug-likeness (QED) is 0.473. The summed E-state index contributed by atoms with van der Waals surface area (Å²) < 4.78 is 13.5. The topological polar surface area (TPSA) is 84.3 Å². The van der Waals surface area contributed by atoms with E-state index in [1.54, 1.807) is 29.5 Å². The first kappa shape index (κ1) is 14.6. The second-order valence-corrected chi connectivity index (χ2v) is 4.51. The highest BCUT2D eigenvalue weighted by atomic mass is 127. The number of hydrogen-bond donors (Lipinski definition) is 2. The highest BCUT2D eigenvalue weighted by Gasteiger charge is 2.17. The van der Waals surface area contributed by atoms with Crippen LogP contribution in [0.4, 0.5) is 15.8 Å². The maximum Gasteiger partial charge on any atom is 0.293 e. The number of nitro groups is 1. The number of nitrogens with one attached hydrogen (secondary N) is 2. The normalized spacial score (nSPS) is 9.94.